The van der Waals surface area contributed by atoms with Crippen molar-refractivity contribution in [2.45, 2.75) is 45.1 Å². The summed E-state index contributed by atoms with van der Waals surface area (Å²) in [6.45, 7) is 6.91. The summed E-state index contributed by atoms with van der Waals surface area (Å²) in [6, 6.07) is 11.5. The van der Waals surface area contributed by atoms with E-state index >= 15 is 0 Å². The molecule has 7 nitrogen and oxygen atoms in total. The Balaban J connectivity index is 2.09. The van der Waals surface area contributed by atoms with Crippen LogP contribution in [0, 0.1) is 6.92 Å². The lowest BCUT2D eigenvalue weighted by Gasteiger charge is -2.13. The van der Waals surface area contributed by atoms with Crippen LogP contribution >= 0.6 is 0 Å². The lowest BCUT2D eigenvalue weighted by Crippen LogP contribution is -2.34. The maximum absolute atomic E-state index is 12.5. The number of hydrogen-bond acceptors (Lipinski definition) is 4. The second kappa shape index (κ2) is 9.67. The average molecular weight is 418 g/mol. The Morgan fingerprint density at radius 3 is 2.41 bits per heavy atom. The predicted molar refractivity (Wildman–Crippen MR) is 113 cm³/mol. The van der Waals surface area contributed by atoms with Crippen molar-refractivity contribution in [1.29, 1.82) is 0 Å². The molecule has 156 valence electrons. The molecule has 2 rings (SSSR count). The first kappa shape index (κ1) is 22.6. The number of rotatable bonds is 8. The fraction of sp³-hybridized carbons (Fsp3) is 0.333. The Kier molecular flexibility index (Phi) is 7.53. The van der Waals surface area contributed by atoms with Crippen LogP contribution in [0.3, 0.4) is 0 Å². The zero-order valence-electron chi connectivity index (χ0n) is 17.1. The molecule has 29 heavy (non-hydrogen) atoms. The zero-order valence-corrected chi connectivity index (χ0v) is 17.9. The molecule has 0 aliphatic carbocycles. The number of carbonyl (C=O) groups is 2. The lowest BCUT2D eigenvalue weighted by molar-refractivity contribution is -0.115. The average Bonchev–Trinajstić information content (AvgIpc) is 2.65. The number of carbonyl (C=O) groups excluding carboxylic acids is 2. The summed E-state index contributed by atoms with van der Waals surface area (Å²) in [6.07, 6.45) is 0.772. The van der Waals surface area contributed by atoms with Crippen LogP contribution in [0.25, 0.3) is 0 Å². The van der Waals surface area contributed by atoms with Gasteiger partial charge in [-0.1, -0.05) is 31.2 Å². The van der Waals surface area contributed by atoms with E-state index in [2.05, 4.69) is 15.4 Å². The minimum Gasteiger partial charge on any atom is -0.343 e. The first-order chi connectivity index (χ1) is 13.6. The summed E-state index contributed by atoms with van der Waals surface area (Å²) < 4.78 is 27.2. The molecule has 0 radical (unpaired) electrons. The monoisotopic (exact) mass is 417 g/mol. The zero-order chi connectivity index (χ0) is 21.6. The van der Waals surface area contributed by atoms with Gasteiger partial charge >= 0.3 is 0 Å². The molecule has 0 saturated carbocycles. The number of para-hydroxylation sites is 1. The van der Waals surface area contributed by atoms with Gasteiger partial charge in [0.1, 0.15) is 0 Å². The number of benzene rings is 2. The molecule has 8 heteroatoms. The van der Waals surface area contributed by atoms with Gasteiger partial charge in [-0.25, -0.2) is 13.1 Å². The summed E-state index contributed by atoms with van der Waals surface area (Å²) in [7, 11) is -3.72. The van der Waals surface area contributed by atoms with E-state index in [1.165, 1.54) is 12.1 Å². The van der Waals surface area contributed by atoms with Crippen LogP contribution in [0.5, 0.6) is 0 Å². The standard InChI is InChI=1S/C21H27N3O4S/c1-5-16-8-6-7-9-19(16)23-20(25)13-22-21(26)18-12-17(11-10-15(18)4)29(27,28)24-14(2)3/h6-12,14,24H,5,13H2,1-4H3,(H,22,26)(H,23,25). The smallest absolute Gasteiger partial charge is 0.252 e. The van der Waals surface area contributed by atoms with Crippen LogP contribution in [0.1, 0.15) is 42.3 Å². The molecule has 0 aromatic heterocycles. The maximum atomic E-state index is 12.5. The van der Waals surface area contributed by atoms with Crippen molar-refractivity contribution in [3.8, 4) is 0 Å². The normalized spacial score (nSPS) is 11.3. The van der Waals surface area contributed by atoms with E-state index in [1.54, 1.807) is 32.9 Å². The maximum Gasteiger partial charge on any atom is 0.252 e. The van der Waals surface area contributed by atoms with Crippen LogP contribution in [0.15, 0.2) is 47.4 Å². The first-order valence-electron chi connectivity index (χ1n) is 9.43. The lowest BCUT2D eigenvalue weighted by atomic mass is 10.1. The largest absolute Gasteiger partial charge is 0.343 e. The molecule has 2 amide bonds. The Labute approximate surface area is 172 Å². The van der Waals surface area contributed by atoms with Crippen molar-refractivity contribution in [3.05, 3.63) is 59.2 Å². The Morgan fingerprint density at radius 1 is 1.07 bits per heavy atom. The number of amides is 2. The number of nitrogens with one attached hydrogen (secondary N) is 3. The molecule has 0 aliphatic heterocycles. The van der Waals surface area contributed by atoms with Crippen molar-refractivity contribution >= 4 is 27.5 Å². The van der Waals surface area contributed by atoms with Crippen LogP contribution in [0.2, 0.25) is 0 Å². The topological polar surface area (TPSA) is 104 Å². The summed E-state index contributed by atoms with van der Waals surface area (Å²) >= 11 is 0. The van der Waals surface area contributed by atoms with E-state index in [9.17, 15) is 18.0 Å². The summed E-state index contributed by atoms with van der Waals surface area (Å²) in [5.74, 6) is -0.870. The Morgan fingerprint density at radius 2 is 1.76 bits per heavy atom. The minimum absolute atomic E-state index is 0.00303. The van der Waals surface area contributed by atoms with Crippen molar-refractivity contribution in [3.63, 3.8) is 0 Å². The van der Waals surface area contributed by atoms with Gasteiger partial charge in [-0.3, -0.25) is 9.59 Å². The molecule has 0 aliphatic rings. The molecule has 0 atom stereocenters. The van der Waals surface area contributed by atoms with Crippen LogP contribution in [-0.2, 0) is 21.2 Å². The van der Waals surface area contributed by atoms with E-state index in [4.69, 9.17) is 0 Å². The van der Waals surface area contributed by atoms with Crippen molar-refractivity contribution < 1.29 is 18.0 Å². The molecule has 0 spiro atoms. The number of aryl methyl sites for hydroxylation is 2. The van der Waals surface area contributed by atoms with E-state index in [-0.39, 0.29) is 29.0 Å². The predicted octanol–water partition coefficient (Wildman–Crippen LogP) is 2.61. The molecule has 0 fully saturated rings. The van der Waals surface area contributed by atoms with E-state index in [0.29, 0.717) is 11.3 Å². The minimum atomic E-state index is -3.72. The summed E-state index contributed by atoms with van der Waals surface area (Å²) in [4.78, 5) is 24.8. The van der Waals surface area contributed by atoms with Crippen LogP contribution in [0.4, 0.5) is 5.69 Å². The van der Waals surface area contributed by atoms with Gasteiger partial charge in [0.15, 0.2) is 0 Å². The van der Waals surface area contributed by atoms with Crippen molar-refractivity contribution in [2.24, 2.45) is 0 Å². The van der Waals surface area contributed by atoms with E-state index in [1.807, 2.05) is 25.1 Å². The third-order valence-electron chi connectivity index (χ3n) is 4.24. The van der Waals surface area contributed by atoms with Gasteiger partial charge < -0.3 is 10.6 Å². The fourth-order valence-corrected chi connectivity index (χ4v) is 4.07. The highest BCUT2D eigenvalue weighted by molar-refractivity contribution is 7.89. The molecule has 0 saturated heterocycles. The molecule has 2 aromatic carbocycles. The van der Waals surface area contributed by atoms with Crippen molar-refractivity contribution in [1.82, 2.24) is 10.0 Å². The third kappa shape index (κ3) is 6.13. The first-order valence-corrected chi connectivity index (χ1v) is 10.9. The quantitative estimate of drug-likeness (QED) is 0.614. The highest BCUT2D eigenvalue weighted by Gasteiger charge is 2.19. The van der Waals surface area contributed by atoms with Gasteiger partial charge in [0.25, 0.3) is 5.91 Å². The number of anilines is 1. The SMILES string of the molecule is CCc1ccccc1NC(=O)CNC(=O)c1cc(S(=O)(=O)NC(C)C)ccc1C. The summed E-state index contributed by atoms with van der Waals surface area (Å²) in [5.41, 5.74) is 2.53. The fourth-order valence-electron chi connectivity index (χ4n) is 2.79. The molecule has 2 aromatic rings. The number of sulfonamides is 1. The molecule has 3 N–H and O–H groups in total. The molecule has 0 bridgehead atoms. The number of hydrogen-bond donors (Lipinski definition) is 3. The van der Waals surface area contributed by atoms with Gasteiger partial charge in [0, 0.05) is 17.3 Å². The highest BCUT2D eigenvalue weighted by Crippen LogP contribution is 2.17. The summed E-state index contributed by atoms with van der Waals surface area (Å²) in [5, 5.41) is 5.33. The molecule has 0 unspecified atom stereocenters. The third-order valence-corrected chi connectivity index (χ3v) is 5.89. The van der Waals surface area contributed by atoms with E-state index in [0.717, 1.165) is 12.0 Å². The van der Waals surface area contributed by atoms with Crippen LogP contribution in [-0.4, -0.2) is 32.8 Å². The van der Waals surface area contributed by atoms with E-state index < -0.39 is 15.9 Å². The van der Waals surface area contributed by atoms with Crippen LogP contribution < -0.4 is 15.4 Å². The second-order valence-corrected chi connectivity index (χ2v) is 8.71. The second-order valence-electron chi connectivity index (χ2n) is 6.99. The van der Waals surface area contributed by atoms with Gasteiger partial charge in [-0.2, -0.15) is 0 Å². The highest BCUT2D eigenvalue weighted by atomic mass is 32.2. The Hall–Kier alpha value is -2.71. The molecular weight excluding hydrogens is 390 g/mol. The van der Waals surface area contributed by atoms with Gasteiger partial charge in [-0.15, -0.1) is 0 Å². The van der Waals surface area contributed by atoms with Gasteiger partial charge in [0.2, 0.25) is 15.9 Å². The van der Waals surface area contributed by atoms with Gasteiger partial charge in [-0.05, 0) is 56.5 Å². The Bertz CT molecular complexity index is 1000. The molecular formula is C21H27N3O4S. The molecule has 0 heterocycles. The van der Waals surface area contributed by atoms with Crippen molar-refractivity contribution in [2.75, 3.05) is 11.9 Å². The van der Waals surface area contributed by atoms with Gasteiger partial charge in [0.05, 0.1) is 11.4 Å².